The number of amides is 3. The molecule has 7 nitrogen and oxygen atoms in total. The van der Waals surface area contributed by atoms with Gasteiger partial charge in [-0.15, -0.1) is 0 Å². The summed E-state index contributed by atoms with van der Waals surface area (Å²) in [5.41, 5.74) is 4.91. The number of likely N-dealkylation sites (N-methyl/N-ethyl adjacent to an activating group) is 1. The Labute approximate surface area is 123 Å². The van der Waals surface area contributed by atoms with Crippen molar-refractivity contribution >= 4 is 11.9 Å². The number of benzene rings is 1. The summed E-state index contributed by atoms with van der Waals surface area (Å²) < 4.78 is 11.5. The van der Waals surface area contributed by atoms with Gasteiger partial charge in [0.15, 0.2) is 11.5 Å². The number of fused-ring (bicyclic) bond motifs is 1. The van der Waals surface area contributed by atoms with Crippen LogP contribution in [0.3, 0.4) is 0 Å². The Balaban J connectivity index is 1.88. The molecule has 0 spiro atoms. The van der Waals surface area contributed by atoms with Gasteiger partial charge in [-0.3, -0.25) is 15.0 Å². The second-order valence-electron chi connectivity index (χ2n) is 4.74. The molecule has 3 amide bonds. The van der Waals surface area contributed by atoms with E-state index in [0.29, 0.717) is 25.4 Å². The van der Waals surface area contributed by atoms with Gasteiger partial charge in [0.05, 0.1) is 6.54 Å². The largest absolute Gasteiger partial charge is 0.486 e. The van der Waals surface area contributed by atoms with Crippen LogP contribution in [0.15, 0.2) is 24.3 Å². The van der Waals surface area contributed by atoms with Crippen LogP contribution in [0.5, 0.6) is 11.5 Å². The van der Waals surface area contributed by atoms with Crippen molar-refractivity contribution in [2.45, 2.75) is 13.0 Å². The monoisotopic (exact) mass is 293 g/mol. The normalized spacial score (nSPS) is 16.6. The Morgan fingerprint density at radius 1 is 1.38 bits per heavy atom. The van der Waals surface area contributed by atoms with Crippen molar-refractivity contribution < 1.29 is 19.1 Å². The van der Waals surface area contributed by atoms with Crippen molar-refractivity contribution in [1.29, 1.82) is 0 Å². The number of ether oxygens (including phenoxy) is 2. The van der Waals surface area contributed by atoms with E-state index < -0.39 is 11.9 Å². The van der Waals surface area contributed by atoms with Gasteiger partial charge in [0.25, 0.3) is 0 Å². The molecule has 0 saturated carbocycles. The van der Waals surface area contributed by atoms with Crippen LogP contribution in [0.4, 0.5) is 4.79 Å². The molecule has 21 heavy (non-hydrogen) atoms. The van der Waals surface area contributed by atoms with Gasteiger partial charge in [0.1, 0.15) is 12.7 Å². The number of nitrogens with two attached hydrogens (primary N) is 1. The average molecular weight is 293 g/mol. The summed E-state index contributed by atoms with van der Waals surface area (Å²) in [5.74, 6) is 0.996. The number of hydrogen-bond acceptors (Lipinski definition) is 5. The Kier molecular flexibility index (Phi) is 4.99. The lowest BCUT2D eigenvalue weighted by atomic mass is 10.2. The number of imide groups is 1. The smallest absolute Gasteiger partial charge is 0.318 e. The summed E-state index contributed by atoms with van der Waals surface area (Å²) in [5, 5.41) is 2.05. The third-order valence-electron chi connectivity index (χ3n) is 3.11. The first-order valence-corrected chi connectivity index (χ1v) is 6.78. The van der Waals surface area contributed by atoms with Crippen molar-refractivity contribution in [1.82, 2.24) is 10.2 Å². The number of nitrogens with zero attached hydrogens (tertiary/aromatic N) is 1. The van der Waals surface area contributed by atoms with Crippen molar-refractivity contribution in [2.75, 3.05) is 26.2 Å². The number of rotatable bonds is 5. The lowest BCUT2D eigenvalue weighted by Gasteiger charge is -2.30. The van der Waals surface area contributed by atoms with Gasteiger partial charge >= 0.3 is 6.03 Å². The maximum absolute atomic E-state index is 11.5. The van der Waals surface area contributed by atoms with E-state index in [9.17, 15) is 9.59 Å². The molecule has 0 aromatic heterocycles. The highest BCUT2D eigenvalue weighted by Gasteiger charge is 2.23. The fourth-order valence-electron chi connectivity index (χ4n) is 2.13. The summed E-state index contributed by atoms with van der Waals surface area (Å²) >= 11 is 0. The minimum atomic E-state index is -0.845. The maximum Gasteiger partial charge on any atom is 0.318 e. The zero-order valence-electron chi connectivity index (χ0n) is 11.9. The Bertz CT molecular complexity index is 521. The van der Waals surface area contributed by atoms with Gasteiger partial charge < -0.3 is 15.2 Å². The summed E-state index contributed by atoms with van der Waals surface area (Å²) in [6.45, 7) is 3.60. The average Bonchev–Trinajstić information content (AvgIpc) is 2.45. The first kappa shape index (κ1) is 15.1. The van der Waals surface area contributed by atoms with Crippen molar-refractivity contribution in [3.05, 3.63) is 24.3 Å². The number of para-hydroxylation sites is 2. The van der Waals surface area contributed by atoms with Crippen LogP contribution in [0.1, 0.15) is 6.92 Å². The second kappa shape index (κ2) is 6.94. The molecule has 0 radical (unpaired) electrons. The highest BCUT2D eigenvalue weighted by atomic mass is 16.6. The van der Waals surface area contributed by atoms with E-state index in [1.807, 2.05) is 41.4 Å². The van der Waals surface area contributed by atoms with Crippen LogP contribution < -0.4 is 20.5 Å². The molecule has 2 rings (SSSR count). The number of hydrogen-bond donors (Lipinski definition) is 2. The highest BCUT2D eigenvalue weighted by Crippen LogP contribution is 2.30. The first-order chi connectivity index (χ1) is 10.1. The van der Waals surface area contributed by atoms with E-state index in [1.165, 1.54) is 0 Å². The van der Waals surface area contributed by atoms with E-state index in [1.54, 1.807) is 0 Å². The van der Waals surface area contributed by atoms with E-state index in [2.05, 4.69) is 0 Å². The molecular weight excluding hydrogens is 274 g/mol. The third kappa shape index (κ3) is 4.35. The van der Waals surface area contributed by atoms with Gasteiger partial charge in [-0.1, -0.05) is 19.1 Å². The number of carbonyl (C=O) groups excluding carboxylic acids is 2. The van der Waals surface area contributed by atoms with Crippen LogP contribution in [0.2, 0.25) is 0 Å². The first-order valence-electron chi connectivity index (χ1n) is 6.78. The fourth-order valence-corrected chi connectivity index (χ4v) is 2.13. The lowest BCUT2D eigenvalue weighted by molar-refractivity contribution is -0.121. The SMILES string of the molecule is CCN(CC(=O)NC(N)=O)C[C@@H]1COc2ccccc2O1. The zero-order valence-corrected chi connectivity index (χ0v) is 11.9. The Morgan fingerprint density at radius 3 is 2.76 bits per heavy atom. The number of primary amides is 1. The number of urea groups is 1. The van der Waals surface area contributed by atoms with Gasteiger partial charge in [0.2, 0.25) is 5.91 Å². The quantitative estimate of drug-likeness (QED) is 0.816. The summed E-state index contributed by atoms with van der Waals surface area (Å²) in [6, 6.07) is 6.61. The van der Waals surface area contributed by atoms with Gasteiger partial charge in [-0.2, -0.15) is 0 Å². The van der Waals surface area contributed by atoms with E-state index in [-0.39, 0.29) is 12.6 Å². The maximum atomic E-state index is 11.5. The summed E-state index contributed by atoms with van der Waals surface area (Å²) in [6.07, 6.45) is -0.166. The molecule has 0 bridgehead atoms. The van der Waals surface area contributed by atoms with E-state index in [4.69, 9.17) is 15.2 Å². The number of nitrogens with one attached hydrogen (secondary N) is 1. The Morgan fingerprint density at radius 2 is 2.10 bits per heavy atom. The minimum Gasteiger partial charge on any atom is -0.486 e. The molecule has 0 unspecified atom stereocenters. The second-order valence-corrected chi connectivity index (χ2v) is 4.74. The molecule has 0 aliphatic carbocycles. The van der Waals surface area contributed by atoms with Crippen LogP contribution >= 0.6 is 0 Å². The molecule has 1 atom stereocenters. The Hall–Kier alpha value is -2.28. The molecule has 1 aromatic carbocycles. The van der Waals surface area contributed by atoms with Gasteiger partial charge in [0, 0.05) is 6.54 Å². The van der Waals surface area contributed by atoms with E-state index >= 15 is 0 Å². The standard InChI is InChI=1S/C14H19N3O4/c1-2-17(8-13(18)16-14(15)19)7-10-9-20-11-5-3-4-6-12(11)21-10/h3-6,10H,2,7-9H2,1H3,(H3,15,16,18,19)/t10-/m1/s1. The molecule has 1 aliphatic heterocycles. The highest BCUT2D eigenvalue weighted by molar-refractivity contribution is 5.94. The van der Waals surface area contributed by atoms with Crippen molar-refractivity contribution in [3.63, 3.8) is 0 Å². The van der Waals surface area contributed by atoms with Crippen LogP contribution in [-0.2, 0) is 4.79 Å². The van der Waals surface area contributed by atoms with Crippen molar-refractivity contribution in [3.8, 4) is 11.5 Å². The molecule has 1 heterocycles. The molecule has 3 N–H and O–H groups in total. The summed E-state index contributed by atoms with van der Waals surface area (Å²) in [4.78, 5) is 24.0. The molecule has 7 heteroatoms. The molecule has 0 fully saturated rings. The predicted molar refractivity (Wildman–Crippen MR) is 76.2 cm³/mol. The molecule has 114 valence electrons. The lowest BCUT2D eigenvalue weighted by Crippen LogP contribution is -2.46. The van der Waals surface area contributed by atoms with Gasteiger partial charge in [-0.05, 0) is 18.7 Å². The third-order valence-corrected chi connectivity index (χ3v) is 3.11. The van der Waals surface area contributed by atoms with Crippen LogP contribution in [-0.4, -0.2) is 49.2 Å². The predicted octanol–water partition coefficient (Wildman–Crippen LogP) is 0.343. The fraction of sp³-hybridized carbons (Fsp3) is 0.429. The molecule has 1 aromatic rings. The molecule has 0 saturated heterocycles. The minimum absolute atomic E-state index is 0.0843. The van der Waals surface area contributed by atoms with Crippen molar-refractivity contribution in [2.24, 2.45) is 5.73 Å². The number of carbonyl (C=O) groups is 2. The van der Waals surface area contributed by atoms with Crippen LogP contribution in [0.25, 0.3) is 0 Å². The zero-order chi connectivity index (χ0) is 15.2. The summed E-state index contributed by atoms with van der Waals surface area (Å²) in [7, 11) is 0. The van der Waals surface area contributed by atoms with Gasteiger partial charge in [-0.25, -0.2) is 4.79 Å². The van der Waals surface area contributed by atoms with E-state index in [0.717, 1.165) is 5.75 Å². The van der Waals surface area contributed by atoms with Crippen LogP contribution in [0, 0.1) is 0 Å². The topological polar surface area (TPSA) is 93.9 Å². The molecular formula is C14H19N3O4. The molecule has 1 aliphatic rings.